The lowest BCUT2D eigenvalue weighted by molar-refractivity contribution is 0.827. The Morgan fingerprint density at radius 1 is 1.15 bits per heavy atom. The molecule has 13 heavy (non-hydrogen) atoms. The number of pyridine rings is 1. The monoisotopic (exact) mass is 173 g/mol. The number of rotatable bonds is 1. The van der Waals surface area contributed by atoms with Crippen molar-refractivity contribution in [2.45, 2.75) is 19.8 Å². The molecule has 0 radical (unpaired) electrons. The van der Waals surface area contributed by atoms with E-state index in [1.54, 1.807) is 12.5 Å². The molecular weight excluding hydrogens is 162 g/mol. The van der Waals surface area contributed by atoms with Crippen LogP contribution in [0.5, 0.6) is 0 Å². The van der Waals surface area contributed by atoms with Crippen LogP contribution in [0.15, 0.2) is 24.7 Å². The summed E-state index contributed by atoms with van der Waals surface area (Å²) in [5, 5.41) is 1.06. The zero-order valence-corrected chi connectivity index (χ0v) is 7.73. The molecule has 0 aliphatic carbocycles. The van der Waals surface area contributed by atoms with Gasteiger partial charge >= 0.3 is 0 Å². The summed E-state index contributed by atoms with van der Waals surface area (Å²) >= 11 is 0. The first-order valence-corrected chi connectivity index (χ1v) is 4.34. The van der Waals surface area contributed by atoms with Gasteiger partial charge in [-0.05, 0) is 18.1 Å². The molecule has 0 N–H and O–H groups in total. The van der Waals surface area contributed by atoms with Gasteiger partial charge in [0.15, 0.2) is 5.65 Å². The third-order valence-electron chi connectivity index (χ3n) is 1.99. The highest BCUT2D eigenvalue weighted by molar-refractivity contribution is 5.77. The van der Waals surface area contributed by atoms with Gasteiger partial charge in [-0.3, -0.25) is 0 Å². The van der Waals surface area contributed by atoms with Crippen molar-refractivity contribution in [2.75, 3.05) is 0 Å². The lowest BCUT2D eigenvalue weighted by Crippen LogP contribution is -1.96. The van der Waals surface area contributed by atoms with Crippen molar-refractivity contribution in [1.29, 1.82) is 0 Å². The van der Waals surface area contributed by atoms with Crippen molar-refractivity contribution in [3.8, 4) is 0 Å². The van der Waals surface area contributed by atoms with Gasteiger partial charge < -0.3 is 0 Å². The Labute approximate surface area is 76.9 Å². The number of nitrogens with zero attached hydrogens (tertiary/aromatic N) is 3. The topological polar surface area (TPSA) is 38.7 Å². The maximum absolute atomic E-state index is 4.26. The predicted molar refractivity (Wildman–Crippen MR) is 51.4 cm³/mol. The van der Waals surface area contributed by atoms with Crippen molar-refractivity contribution in [1.82, 2.24) is 15.0 Å². The molecule has 0 saturated carbocycles. The summed E-state index contributed by atoms with van der Waals surface area (Å²) in [6.07, 6.45) is 3.32. The molecule has 0 unspecified atom stereocenters. The van der Waals surface area contributed by atoms with Gasteiger partial charge in [0.2, 0.25) is 0 Å². The minimum Gasteiger partial charge on any atom is -0.240 e. The third-order valence-corrected chi connectivity index (χ3v) is 1.99. The van der Waals surface area contributed by atoms with E-state index in [2.05, 4.69) is 28.8 Å². The van der Waals surface area contributed by atoms with Crippen LogP contribution in [0.1, 0.15) is 25.5 Å². The van der Waals surface area contributed by atoms with E-state index in [9.17, 15) is 0 Å². The lowest BCUT2D eigenvalue weighted by Gasteiger charge is -2.05. The van der Waals surface area contributed by atoms with Gasteiger partial charge in [-0.15, -0.1) is 0 Å². The molecule has 2 rings (SSSR count). The van der Waals surface area contributed by atoms with E-state index in [0.717, 1.165) is 16.7 Å². The van der Waals surface area contributed by atoms with Gasteiger partial charge in [0.05, 0.1) is 5.69 Å². The summed E-state index contributed by atoms with van der Waals surface area (Å²) < 4.78 is 0. The van der Waals surface area contributed by atoms with E-state index >= 15 is 0 Å². The van der Waals surface area contributed by atoms with Crippen LogP contribution in [-0.2, 0) is 0 Å². The first kappa shape index (κ1) is 8.10. The Balaban J connectivity index is 2.76. The third kappa shape index (κ3) is 1.37. The molecule has 3 heteroatoms. The van der Waals surface area contributed by atoms with Crippen molar-refractivity contribution >= 4 is 11.0 Å². The van der Waals surface area contributed by atoms with Crippen LogP contribution in [0.2, 0.25) is 0 Å². The molecule has 0 bridgehead atoms. The first-order chi connectivity index (χ1) is 6.29. The quantitative estimate of drug-likeness (QED) is 0.663. The van der Waals surface area contributed by atoms with Crippen molar-refractivity contribution in [3.63, 3.8) is 0 Å². The van der Waals surface area contributed by atoms with E-state index < -0.39 is 0 Å². The molecule has 0 fully saturated rings. The number of hydrogen-bond donors (Lipinski definition) is 0. The van der Waals surface area contributed by atoms with Gasteiger partial charge in [-0.2, -0.15) is 0 Å². The number of hydrogen-bond acceptors (Lipinski definition) is 3. The van der Waals surface area contributed by atoms with Crippen LogP contribution in [0.3, 0.4) is 0 Å². The number of fused-ring (bicyclic) bond motifs is 1. The first-order valence-electron chi connectivity index (χ1n) is 4.34. The van der Waals surface area contributed by atoms with E-state index in [1.165, 1.54) is 0 Å². The highest BCUT2D eigenvalue weighted by Gasteiger charge is 2.06. The maximum atomic E-state index is 4.26. The summed E-state index contributed by atoms with van der Waals surface area (Å²) in [4.78, 5) is 12.5. The lowest BCUT2D eigenvalue weighted by atomic mass is 10.1. The molecule has 3 nitrogen and oxygen atoms in total. The SMILES string of the molecule is CC(C)c1ncnc2ncccc12. The summed E-state index contributed by atoms with van der Waals surface area (Å²) in [6, 6.07) is 3.93. The molecule has 0 aliphatic rings. The Bertz CT molecular complexity index is 418. The molecule has 0 spiro atoms. The van der Waals surface area contributed by atoms with Crippen molar-refractivity contribution < 1.29 is 0 Å². The van der Waals surface area contributed by atoms with Crippen molar-refractivity contribution in [2.24, 2.45) is 0 Å². The normalized spacial score (nSPS) is 11.0. The number of aromatic nitrogens is 3. The Morgan fingerprint density at radius 2 is 2.00 bits per heavy atom. The molecular formula is C10H11N3. The van der Waals surface area contributed by atoms with E-state index in [0.29, 0.717) is 5.92 Å². The highest BCUT2D eigenvalue weighted by atomic mass is 14.9. The summed E-state index contributed by atoms with van der Waals surface area (Å²) in [6.45, 7) is 4.24. The smallest absolute Gasteiger partial charge is 0.162 e. The predicted octanol–water partition coefficient (Wildman–Crippen LogP) is 2.15. The molecule has 66 valence electrons. The van der Waals surface area contributed by atoms with Crippen LogP contribution in [0, 0.1) is 0 Å². The van der Waals surface area contributed by atoms with Crippen LogP contribution >= 0.6 is 0 Å². The average Bonchev–Trinajstić information content (AvgIpc) is 2.17. The Hall–Kier alpha value is -1.51. The summed E-state index contributed by atoms with van der Waals surface area (Å²) in [5.41, 5.74) is 1.85. The highest BCUT2D eigenvalue weighted by Crippen LogP contribution is 2.19. The molecule has 2 aromatic rings. The Kier molecular flexibility index (Phi) is 1.93. The molecule has 0 amide bonds. The minimum absolute atomic E-state index is 0.412. The second-order valence-corrected chi connectivity index (χ2v) is 3.29. The fourth-order valence-electron chi connectivity index (χ4n) is 1.38. The standard InChI is InChI=1S/C10H11N3/c1-7(2)9-8-4-3-5-11-10(8)13-6-12-9/h3-7H,1-2H3. The molecule has 0 aliphatic heterocycles. The molecule has 0 atom stereocenters. The average molecular weight is 173 g/mol. The van der Waals surface area contributed by atoms with Crippen molar-refractivity contribution in [3.05, 3.63) is 30.4 Å². The van der Waals surface area contributed by atoms with Gasteiger partial charge in [-0.1, -0.05) is 13.8 Å². The maximum Gasteiger partial charge on any atom is 0.162 e. The van der Waals surface area contributed by atoms with Gasteiger partial charge in [-0.25, -0.2) is 15.0 Å². The Morgan fingerprint density at radius 3 is 2.77 bits per heavy atom. The zero-order chi connectivity index (χ0) is 9.26. The van der Waals surface area contributed by atoms with Crippen LogP contribution in [-0.4, -0.2) is 15.0 Å². The zero-order valence-electron chi connectivity index (χ0n) is 7.73. The minimum atomic E-state index is 0.412. The van der Waals surface area contributed by atoms with Gasteiger partial charge in [0, 0.05) is 11.6 Å². The second-order valence-electron chi connectivity index (χ2n) is 3.29. The summed E-state index contributed by atoms with van der Waals surface area (Å²) in [5.74, 6) is 0.412. The molecule has 2 heterocycles. The molecule has 0 aromatic carbocycles. The van der Waals surface area contributed by atoms with Crippen LogP contribution in [0.4, 0.5) is 0 Å². The van der Waals surface area contributed by atoms with Crippen LogP contribution < -0.4 is 0 Å². The van der Waals surface area contributed by atoms with Gasteiger partial charge in [0.1, 0.15) is 6.33 Å². The van der Waals surface area contributed by atoms with Gasteiger partial charge in [0.25, 0.3) is 0 Å². The van der Waals surface area contributed by atoms with E-state index in [4.69, 9.17) is 0 Å². The largest absolute Gasteiger partial charge is 0.240 e. The summed E-state index contributed by atoms with van der Waals surface area (Å²) in [7, 11) is 0. The molecule has 2 aromatic heterocycles. The van der Waals surface area contributed by atoms with Crippen LogP contribution in [0.25, 0.3) is 11.0 Å². The fraction of sp³-hybridized carbons (Fsp3) is 0.300. The fourth-order valence-corrected chi connectivity index (χ4v) is 1.38. The molecule has 0 saturated heterocycles. The van der Waals surface area contributed by atoms with E-state index in [1.807, 2.05) is 12.1 Å². The second kappa shape index (κ2) is 3.09. The van der Waals surface area contributed by atoms with E-state index in [-0.39, 0.29) is 0 Å².